The summed E-state index contributed by atoms with van der Waals surface area (Å²) in [4.78, 5) is 10.4. The summed E-state index contributed by atoms with van der Waals surface area (Å²) in [5, 5.41) is 14.1. The van der Waals surface area contributed by atoms with Gasteiger partial charge in [0.25, 0.3) is 5.69 Å². The number of nitrogens with one attached hydrogen (secondary N) is 1. The quantitative estimate of drug-likeness (QED) is 0.587. The summed E-state index contributed by atoms with van der Waals surface area (Å²) >= 11 is 0. The summed E-state index contributed by atoms with van der Waals surface area (Å²) in [6.07, 6.45) is 3.55. The Balaban J connectivity index is 2.76. The zero-order valence-electron chi connectivity index (χ0n) is 11.3. The van der Waals surface area contributed by atoms with E-state index in [4.69, 9.17) is 0 Å². The average molecular weight is 284 g/mol. The van der Waals surface area contributed by atoms with Crippen LogP contribution in [-0.2, 0) is 10.8 Å². The molecule has 0 aliphatic carbocycles. The summed E-state index contributed by atoms with van der Waals surface area (Å²) in [6.45, 7) is 2.72. The summed E-state index contributed by atoms with van der Waals surface area (Å²) in [5.41, 5.74) is 1.03. The van der Waals surface area contributed by atoms with Crippen LogP contribution in [0.4, 0.5) is 5.69 Å². The van der Waals surface area contributed by atoms with Crippen LogP contribution in [0.5, 0.6) is 0 Å². The van der Waals surface area contributed by atoms with Gasteiger partial charge in [0.1, 0.15) is 0 Å². The van der Waals surface area contributed by atoms with E-state index in [0.717, 1.165) is 18.4 Å². The van der Waals surface area contributed by atoms with Gasteiger partial charge < -0.3 is 5.32 Å². The van der Waals surface area contributed by atoms with Gasteiger partial charge in [0, 0.05) is 47.5 Å². The molecule has 0 bridgehead atoms. The van der Waals surface area contributed by atoms with Crippen molar-refractivity contribution in [2.75, 3.05) is 18.6 Å². The molecule has 0 amide bonds. The van der Waals surface area contributed by atoms with Crippen LogP contribution in [0, 0.1) is 10.1 Å². The average Bonchev–Trinajstić information content (AvgIpc) is 2.37. The van der Waals surface area contributed by atoms with E-state index in [1.54, 1.807) is 18.4 Å². The number of nitro benzene ring substituents is 1. The molecule has 6 heteroatoms. The fourth-order valence-electron chi connectivity index (χ4n) is 1.91. The van der Waals surface area contributed by atoms with Crippen LogP contribution in [0.25, 0.3) is 0 Å². The number of hydrogen-bond acceptors (Lipinski definition) is 4. The lowest BCUT2D eigenvalue weighted by atomic mass is 10.0. The van der Waals surface area contributed by atoms with Crippen LogP contribution in [0.1, 0.15) is 31.4 Å². The lowest BCUT2D eigenvalue weighted by molar-refractivity contribution is -0.384. The first-order valence-corrected chi connectivity index (χ1v) is 8.05. The first-order valence-electron chi connectivity index (χ1n) is 6.32. The number of benzene rings is 1. The van der Waals surface area contributed by atoms with Crippen molar-refractivity contribution in [3.8, 4) is 0 Å². The summed E-state index contributed by atoms with van der Waals surface area (Å²) in [6, 6.07) is 6.77. The van der Waals surface area contributed by atoms with Crippen LogP contribution >= 0.6 is 0 Å². The molecule has 0 heterocycles. The molecule has 1 rings (SSSR count). The van der Waals surface area contributed by atoms with Crippen molar-refractivity contribution >= 4 is 16.5 Å². The van der Waals surface area contributed by atoms with Crippen LogP contribution in [0.2, 0.25) is 0 Å². The van der Waals surface area contributed by atoms with Gasteiger partial charge in [-0.3, -0.25) is 14.3 Å². The Morgan fingerprint density at radius 2 is 2.21 bits per heavy atom. The number of rotatable bonds is 8. The Kier molecular flexibility index (Phi) is 6.66. The zero-order valence-corrected chi connectivity index (χ0v) is 12.1. The minimum absolute atomic E-state index is 0.0773. The van der Waals surface area contributed by atoms with Gasteiger partial charge in [0.2, 0.25) is 0 Å². The van der Waals surface area contributed by atoms with Gasteiger partial charge in [0.15, 0.2) is 0 Å². The lowest BCUT2D eigenvalue weighted by Gasteiger charge is -2.18. The first kappa shape index (κ1) is 15.8. The van der Waals surface area contributed by atoms with Crippen molar-refractivity contribution in [1.82, 2.24) is 5.32 Å². The minimum Gasteiger partial charge on any atom is -0.309 e. The van der Waals surface area contributed by atoms with Crippen LogP contribution in [-0.4, -0.2) is 27.7 Å². The van der Waals surface area contributed by atoms with E-state index in [9.17, 15) is 14.3 Å². The largest absolute Gasteiger partial charge is 0.309 e. The molecule has 0 aliphatic rings. The Bertz CT molecular complexity index is 451. The van der Waals surface area contributed by atoms with Crippen molar-refractivity contribution in [2.45, 2.75) is 25.8 Å². The molecule has 0 radical (unpaired) electrons. The molecule has 19 heavy (non-hydrogen) atoms. The Morgan fingerprint density at radius 1 is 1.47 bits per heavy atom. The molecule has 2 unspecified atom stereocenters. The molecule has 1 N–H and O–H groups in total. The van der Waals surface area contributed by atoms with E-state index in [1.165, 1.54) is 6.07 Å². The highest BCUT2D eigenvalue weighted by Crippen LogP contribution is 2.22. The van der Waals surface area contributed by atoms with Gasteiger partial charge in [-0.2, -0.15) is 0 Å². The highest BCUT2D eigenvalue weighted by Gasteiger charge is 2.13. The van der Waals surface area contributed by atoms with E-state index in [2.05, 4.69) is 12.2 Å². The lowest BCUT2D eigenvalue weighted by Crippen LogP contribution is -2.25. The number of nitro groups is 1. The van der Waals surface area contributed by atoms with Gasteiger partial charge in [-0.25, -0.2) is 0 Å². The smallest absolute Gasteiger partial charge is 0.269 e. The molecule has 1 aromatic carbocycles. The monoisotopic (exact) mass is 284 g/mol. The summed E-state index contributed by atoms with van der Waals surface area (Å²) in [5.74, 6) is 0.592. The van der Waals surface area contributed by atoms with E-state index in [1.807, 2.05) is 6.07 Å². The Labute approximate surface area is 116 Å². The van der Waals surface area contributed by atoms with E-state index in [0.29, 0.717) is 12.3 Å². The van der Waals surface area contributed by atoms with Crippen LogP contribution in [0.15, 0.2) is 24.3 Å². The molecule has 2 atom stereocenters. The summed E-state index contributed by atoms with van der Waals surface area (Å²) in [7, 11) is -0.825. The van der Waals surface area contributed by atoms with E-state index >= 15 is 0 Å². The highest BCUT2D eigenvalue weighted by molar-refractivity contribution is 7.84. The van der Waals surface area contributed by atoms with Gasteiger partial charge >= 0.3 is 0 Å². The number of nitrogens with zero attached hydrogens (tertiary/aromatic N) is 1. The number of non-ortho nitro benzene ring substituents is 1. The fourth-order valence-corrected chi connectivity index (χ4v) is 2.31. The second-order valence-corrected chi connectivity index (χ2v) is 5.98. The molecule has 0 aliphatic heterocycles. The molecular formula is C13H20N2O3S. The molecule has 0 aromatic heterocycles. The topological polar surface area (TPSA) is 72.2 Å². The minimum atomic E-state index is -0.825. The van der Waals surface area contributed by atoms with Crippen molar-refractivity contribution in [3.63, 3.8) is 0 Å². The van der Waals surface area contributed by atoms with E-state index < -0.39 is 10.8 Å². The predicted octanol–water partition coefficient (Wildman–Crippen LogP) is 2.40. The molecule has 0 saturated carbocycles. The fraction of sp³-hybridized carbons (Fsp3) is 0.538. The second kappa shape index (κ2) is 8.01. The highest BCUT2D eigenvalue weighted by atomic mass is 32.2. The zero-order chi connectivity index (χ0) is 14.3. The Hall–Kier alpha value is -1.27. The van der Waals surface area contributed by atoms with Crippen molar-refractivity contribution < 1.29 is 9.13 Å². The van der Waals surface area contributed by atoms with Crippen LogP contribution in [0.3, 0.4) is 0 Å². The standard InChI is InChI=1S/C13H20N2O3S/c1-3-5-13(14-8-9-19(2)18)11-6-4-7-12(10-11)15(16)17/h4,6-7,10,13-14H,3,5,8-9H2,1-2H3. The molecule has 0 spiro atoms. The van der Waals surface area contributed by atoms with Gasteiger partial charge in [-0.15, -0.1) is 0 Å². The third kappa shape index (κ3) is 5.48. The Morgan fingerprint density at radius 3 is 2.79 bits per heavy atom. The number of hydrogen-bond donors (Lipinski definition) is 1. The molecule has 106 valence electrons. The molecular weight excluding hydrogens is 264 g/mol. The maximum absolute atomic E-state index is 11.0. The van der Waals surface area contributed by atoms with Gasteiger partial charge in [0.05, 0.1) is 4.92 Å². The first-order chi connectivity index (χ1) is 9.04. The predicted molar refractivity (Wildman–Crippen MR) is 77.7 cm³/mol. The SMILES string of the molecule is CCCC(NCCS(C)=O)c1cccc([N+](=O)[O-])c1. The molecule has 0 saturated heterocycles. The van der Waals surface area contributed by atoms with E-state index in [-0.39, 0.29) is 16.7 Å². The maximum atomic E-state index is 11.0. The normalized spacial score (nSPS) is 14.0. The third-order valence-electron chi connectivity index (χ3n) is 2.84. The van der Waals surface area contributed by atoms with Crippen molar-refractivity contribution in [2.24, 2.45) is 0 Å². The van der Waals surface area contributed by atoms with Crippen molar-refractivity contribution in [1.29, 1.82) is 0 Å². The maximum Gasteiger partial charge on any atom is 0.269 e. The summed E-state index contributed by atoms with van der Waals surface area (Å²) < 4.78 is 11.0. The molecule has 5 nitrogen and oxygen atoms in total. The van der Waals surface area contributed by atoms with Crippen molar-refractivity contribution in [3.05, 3.63) is 39.9 Å². The van der Waals surface area contributed by atoms with Gasteiger partial charge in [-0.1, -0.05) is 25.5 Å². The van der Waals surface area contributed by atoms with Crippen LogP contribution < -0.4 is 5.32 Å². The molecule has 1 aromatic rings. The van der Waals surface area contributed by atoms with Gasteiger partial charge in [-0.05, 0) is 12.0 Å². The second-order valence-electron chi connectivity index (χ2n) is 4.42. The molecule has 0 fully saturated rings. The third-order valence-corrected chi connectivity index (χ3v) is 3.62.